The molecule has 0 radical (unpaired) electrons. The van der Waals surface area contributed by atoms with Crippen LogP contribution in [0.5, 0.6) is 0 Å². The minimum absolute atomic E-state index is 0.000486. The zero-order valence-electron chi connectivity index (χ0n) is 19.4. The van der Waals surface area contributed by atoms with Crippen molar-refractivity contribution >= 4 is 0 Å². The fourth-order valence-electron chi connectivity index (χ4n) is 2.13. The van der Waals surface area contributed by atoms with Crippen LogP contribution in [0.4, 0.5) is 0 Å². The Balaban J connectivity index is 0. The van der Waals surface area contributed by atoms with Crippen molar-refractivity contribution in [2.45, 2.75) is 121 Å². The van der Waals surface area contributed by atoms with Crippen molar-refractivity contribution in [3.63, 3.8) is 0 Å². The summed E-state index contributed by atoms with van der Waals surface area (Å²) in [4.78, 5) is 0. The summed E-state index contributed by atoms with van der Waals surface area (Å²) in [5.74, 6) is 0.608. The molecule has 0 fully saturated rings. The van der Waals surface area contributed by atoms with Gasteiger partial charge in [0.05, 0.1) is 23.9 Å². The summed E-state index contributed by atoms with van der Waals surface area (Å²) in [7, 11) is 0. The third kappa shape index (κ3) is 20.0. The van der Waals surface area contributed by atoms with E-state index in [1.165, 1.54) is 0 Å². The zero-order valence-corrected chi connectivity index (χ0v) is 19.4. The lowest BCUT2D eigenvalue weighted by atomic mass is 9.83. The van der Waals surface area contributed by atoms with Crippen LogP contribution < -0.4 is 0 Å². The molecular weight excluding hydrogens is 296 g/mol. The summed E-state index contributed by atoms with van der Waals surface area (Å²) in [6.45, 7) is 31.4. The van der Waals surface area contributed by atoms with E-state index in [2.05, 4.69) is 96.9 Å². The zero-order chi connectivity index (χ0) is 20.0. The Bertz CT molecular complexity index is 302. The van der Waals surface area contributed by atoms with E-state index in [0.717, 1.165) is 13.0 Å². The molecule has 0 aromatic rings. The highest BCUT2D eigenvalue weighted by atomic mass is 16.5. The molecule has 2 nitrogen and oxygen atoms in total. The highest BCUT2D eigenvalue weighted by molar-refractivity contribution is 4.71. The van der Waals surface area contributed by atoms with Crippen LogP contribution in [-0.2, 0) is 9.47 Å². The van der Waals surface area contributed by atoms with Gasteiger partial charge in [0.2, 0.25) is 0 Å². The van der Waals surface area contributed by atoms with Gasteiger partial charge in [-0.1, -0.05) is 48.5 Å². The summed E-state index contributed by atoms with van der Waals surface area (Å²) in [6.07, 6.45) is 1.47. The lowest BCUT2D eigenvalue weighted by Gasteiger charge is -2.30. The van der Waals surface area contributed by atoms with E-state index >= 15 is 0 Å². The van der Waals surface area contributed by atoms with Gasteiger partial charge in [-0.3, -0.25) is 0 Å². The molecule has 0 aromatic heterocycles. The molecule has 0 aromatic carbocycles. The van der Waals surface area contributed by atoms with Crippen LogP contribution in [0.2, 0.25) is 0 Å². The lowest BCUT2D eigenvalue weighted by Crippen LogP contribution is -2.28. The van der Waals surface area contributed by atoms with Crippen molar-refractivity contribution in [2.24, 2.45) is 16.7 Å². The van der Waals surface area contributed by atoms with E-state index in [-0.39, 0.29) is 11.2 Å². The maximum Gasteiger partial charge on any atom is 0.0602 e. The highest BCUT2D eigenvalue weighted by Gasteiger charge is 2.22. The van der Waals surface area contributed by atoms with Gasteiger partial charge >= 0.3 is 0 Å². The smallest absolute Gasteiger partial charge is 0.0602 e. The predicted molar refractivity (Wildman–Crippen MR) is 109 cm³/mol. The van der Waals surface area contributed by atoms with Crippen molar-refractivity contribution in [3.05, 3.63) is 0 Å². The maximum absolute atomic E-state index is 5.81. The van der Waals surface area contributed by atoms with Crippen LogP contribution in [0.1, 0.15) is 103 Å². The van der Waals surface area contributed by atoms with Crippen LogP contribution >= 0.6 is 0 Å². The average molecular weight is 345 g/mol. The van der Waals surface area contributed by atoms with E-state index in [1.54, 1.807) is 0 Å². The molecule has 0 bridgehead atoms. The molecule has 148 valence electrons. The Labute approximate surface area is 154 Å². The van der Waals surface area contributed by atoms with Crippen LogP contribution in [0, 0.1) is 16.7 Å². The van der Waals surface area contributed by atoms with Crippen LogP contribution in [-0.4, -0.2) is 23.9 Å². The molecule has 0 amide bonds. The van der Waals surface area contributed by atoms with E-state index in [0.29, 0.717) is 22.9 Å². The first-order chi connectivity index (χ1) is 10.2. The van der Waals surface area contributed by atoms with Crippen molar-refractivity contribution in [1.29, 1.82) is 0 Å². The van der Waals surface area contributed by atoms with Gasteiger partial charge in [-0.2, -0.15) is 0 Å². The van der Waals surface area contributed by atoms with Gasteiger partial charge in [0.25, 0.3) is 0 Å². The van der Waals surface area contributed by atoms with Gasteiger partial charge in [0, 0.05) is 0 Å². The molecule has 2 unspecified atom stereocenters. The third-order valence-electron chi connectivity index (χ3n) is 3.70. The van der Waals surface area contributed by atoms with Crippen molar-refractivity contribution < 1.29 is 9.47 Å². The lowest BCUT2D eigenvalue weighted by molar-refractivity contribution is -0.0650. The number of ether oxygens (including phenoxy) is 2. The molecule has 2 atom stereocenters. The van der Waals surface area contributed by atoms with Crippen molar-refractivity contribution in [2.75, 3.05) is 6.61 Å². The Morgan fingerprint density at radius 2 is 1.08 bits per heavy atom. The molecule has 0 rings (SSSR count). The fraction of sp³-hybridized carbons (Fsp3) is 1.00. The molecule has 24 heavy (non-hydrogen) atoms. The largest absolute Gasteiger partial charge is 0.376 e. The SMILES string of the molecule is CC(CC(C)(C)C)OC(C)(C)C.CC(COC(C)(C)C)C(C)(C)C. The molecule has 0 saturated heterocycles. The Hall–Kier alpha value is -0.0800. The molecule has 0 aliphatic heterocycles. The third-order valence-corrected chi connectivity index (χ3v) is 3.70. The second-order valence-corrected chi connectivity index (χ2v) is 11.5. The normalized spacial score (nSPS) is 16.2. The summed E-state index contributed by atoms with van der Waals surface area (Å²) < 4.78 is 11.5. The first-order valence-electron chi connectivity index (χ1n) is 9.55. The van der Waals surface area contributed by atoms with E-state index < -0.39 is 0 Å². The summed E-state index contributed by atoms with van der Waals surface area (Å²) in [5, 5.41) is 0. The Kier molecular flexibility index (Phi) is 10.4. The maximum atomic E-state index is 5.81. The molecule has 0 aliphatic rings. The van der Waals surface area contributed by atoms with Gasteiger partial charge < -0.3 is 9.47 Å². The Morgan fingerprint density at radius 3 is 1.33 bits per heavy atom. The molecule has 0 N–H and O–H groups in total. The van der Waals surface area contributed by atoms with Gasteiger partial charge in [0.1, 0.15) is 0 Å². The number of hydrogen-bond donors (Lipinski definition) is 0. The first-order valence-corrected chi connectivity index (χ1v) is 9.55. The number of rotatable bonds is 4. The van der Waals surface area contributed by atoms with Crippen molar-refractivity contribution in [3.8, 4) is 0 Å². The first kappa shape index (κ1) is 26.2. The van der Waals surface area contributed by atoms with Crippen LogP contribution in [0.15, 0.2) is 0 Å². The highest BCUT2D eigenvalue weighted by Crippen LogP contribution is 2.26. The summed E-state index contributed by atoms with van der Waals surface area (Å²) in [5.41, 5.74) is 0.708. The molecule has 2 heteroatoms. The molecular formula is C22H48O2. The van der Waals surface area contributed by atoms with E-state index in [4.69, 9.17) is 9.47 Å². The standard InChI is InChI=1S/2C11H24O/c1-9(10(2,3)4)8-12-11(5,6)7;1-9(8-10(2,3)4)12-11(5,6)7/h2*9H,8H2,1-7H3. The van der Waals surface area contributed by atoms with Gasteiger partial charge in [0.15, 0.2) is 0 Å². The molecule has 0 spiro atoms. The van der Waals surface area contributed by atoms with Gasteiger partial charge in [-0.15, -0.1) is 0 Å². The quantitative estimate of drug-likeness (QED) is 0.541. The average Bonchev–Trinajstić information content (AvgIpc) is 2.18. The van der Waals surface area contributed by atoms with Gasteiger partial charge in [-0.05, 0) is 71.6 Å². The topological polar surface area (TPSA) is 18.5 Å². The minimum Gasteiger partial charge on any atom is -0.376 e. The monoisotopic (exact) mass is 344 g/mol. The minimum atomic E-state index is -0.00926. The van der Waals surface area contributed by atoms with Gasteiger partial charge in [-0.25, -0.2) is 0 Å². The fourth-order valence-corrected chi connectivity index (χ4v) is 2.13. The second-order valence-electron chi connectivity index (χ2n) is 11.5. The molecule has 0 aliphatic carbocycles. The van der Waals surface area contributed by atoms with E-state index in [1.807, 2.05) is 0 Å². The summed E-state index contributed by atoms with van der Waals surface area (Å²) in [6, 6.07) is 0. The van der Waals surface area contributed by atoms with Crippen LogP contribution in [0.25, 0.3) is 0 Å². The predicted octanol–water partition coefficient (Wildman–Crippen LogP) is 7.11. The summed E-state index contributed by atoms with van der Waals surface area (Å²) >= 11 is 0. The van der Waals surface area contributed by atoms with Crippen LogP contribution in [0.3, 0.4) is 0 Å². The molecule has 0 heterocycles. The second kappa shape index (κ2) is 9.57. The molecule has 0 saturated carbocycles. The Morgan fingerprint density at radius 1 is 0.667 bits per heavy atom. The van der Waals surface area contributed by atoms with E-state index in [9.17, 15) is 0 Å². The van der Waals surface area contributed by atoms with Crippen molar-refractivity contribution in [1.82, 2.24) is 0 Å². The number of hydrogen-bond acceptors (Lipinski definition) is 2.